The van der Waals surface area contributed by atoms with E-state index in [-0.39, 0.29) is 22.2 Å². The lowest BCUT2D eigenvalue weighted by Crippen LogP contribution is -2.12. The molecule has 3 rings (SSSR count). The molecule has 0 spiro atoms. The summed E-state index contributed by atoms with van der Waals surface area (Å²) in [7, 11) is 0. The molecule has 0 atom stereocenters. The van der Waals surface area contributed by atoms with Gasteiger partial charge in [-0.15, -0.1) is 0 Å². The standard InChI is InChI=1S/C18H12ClFN2O4/c1-10-2-4-12(20)9-14(10)21-18(23)17-7-6-16(26-17)11-3-5-13(19)15(8-11)22(24)25/h2-9H,1H3,(H,21,23). The first-order valence-corrected chi connectivity index (χ1v) is 7.84. The Morgan fingerprint density at radius 3 is 2.69 bits per heavy atom. The second-order valence-electron chi connectivity index (χ2n) is 5.50. The van der Waals surface area contributed by atoms with Crippen molar-refractivity contribution in [2.75, 3.05) is 5.32 Å². The van der Waals surface area contributed by atoms with Crippen LogP contribution in [0.4, 0.5) is 15.8 Å². The van der Waals surface area contributed by atoms with Gasteiger partial charge in [-0.1, -0.05) is 17.7 Å². The molecule has 132 valence electrons. The minimum atomic E-state index is -0.602. The molecule has 0 unspecified atom stereocenters. The number of nitrogens with one attached hydrogen (secondary N) is 1. The monoisotopic (exact) mass is 374 g/mol. The van der Waals surface area contributed by atoms with Crippen molar-refractivity contribution in [2.45, 2.75) is 6.92 Å². The summed E-state index contributed by atoms with van der Waals surface area (Å²) in [5, 5.41) is 13.6. The fraction of sp³-hybridized carbons (Fsp3) is 0.0556. The lowest BCUT2D eigenvalue weighted by atomic mass is 10.1. The second-order valence-corrected chi connectivity index (χ2v) is 5.91. The SMILES string of the molecule is Cc1ccc(F)cc1NC(=O)c1ccc(-c2ccc(Cl)c([N+](=O)[O-])c2)o1. The van der Waals surface area contributed by atoms with Crippen molar-refractivity contribution in [3.63, 3.8) is 0 Å². The smallest absolute Gasteiger partial charge is 0.291 e. The van der Waals surface area contributed by atoms with Crippen LogP contribution in [0.2, 0.25) is 5.02 Å². The molecule has 2 aromatic carbocycles. The van der Waals surface area contributed by atoms with Gasteiger partial charge in [0.25, 0.3) is 11.6 Å². The summed E-state index contributed by atoms with van der Waals surface area (Å²) in [5.41, 5.74) is 1.17. The van der Waals surface area contributed by atoms with E-state index in [1.807, 2.05) is 0 Å². The maximum Gasteiger partial charge on any atom is 0.291 e. The number of hydrogen-bond acceptors (Lipinski definition) is 4. The van der Waals surface area contributed by atoms with Crippen LogP contribution in [0.25, 0.3) is 11.3 Å². The Morgan fingerprint density at radius 1 is 1.19 bits per heavy atom. The Labute approximate surface area is 152 Å². The van der Waals surface area contributed by atoms with E-state index in [9.17, 15) is 19.3 Å². The largest absolute Gasteiger partial charge is 0.451 e. The summed E-state index contributed by atoms with van der Waals surface area (Å²) in [4.78, 5) is 22.7. The van der Waals surface area contributed by atoms with Crippen LogP contribution >= 0.6 is 11.6 Å². The summed E-state index contributed by atoms with van der Waals surface area (Å²) >= 11 is 5.79. The van der Waals surface area contributed by atoms with Gasteiger partial charge in [0, 0.05) is 17.3 Å². The molecular formula is C18H12ClFN2O4. The van der Waals surface area contributed by atoms with Gasteiger partial charge in [0.2, 0.25) is 0 Å². The fourth-order valence-electron chi connectivity index (χ4n) is 2.33. The highest BCUT2D eigenvalue weighted by molar-refractivity contribution is 6.32. The number of nitrogens with zero attached hydrogens (tertiary/aromatic N) is 1. The van der Waals surface area contributed by atoms with Crippen LogP contribution in [0.1, 0.15) is 16.1 Å². The van der Waals surface area contributed by atoms with Crippen molar-refractivity contribution >= 4 is 28.9 Å². The zero-order valence-corrected chi connectivity index (χ0v) is 14.2. The van der Waals surface area contributed by atoms with E-state index in [1.54, 1.807) is 19.1 Å². The number of halogens is 2. The van der Waals surface area contributed by atoms with Crippen molar-refractivity contribution < 1.29 is 18.5 Å². The normalized spacial score (nSPS) is 10.6. The Kier molecular flexibility index (Phi) is 4.73. The maximum atomic E-state index is 13.3. The molecular weight excluding hydrogens is 363 g/mol. The highest BCUT2D eigenvalue weighted by Gasteiger charge is 2.17. The van der Waals surface area contributed by atoms with Gasteiger partial charge in [0.05, 0.1) is 4.92 Å². The Balaban J connectivity index is 1.86. The van der Waals surface area contributed by atoms with Gasteiger partial charge in [0.15, 0.2) is 5.76 Å². The number of nitro benzene ring substituents is 1. The first kappa shape index (κ1) is 17.6. The van der Waals surface area contributed by atoms with E-state index in [0.717, 1.165) is 0 Å². The summed E-state index contributed by atoms with van der Waals surface area (Å²) < 4.78 is 18.8. The van der Waals surface area contributed by atoms with Gasteiger partial charge in [-0.2, -0.15) is 0 Å². The van der Waals surface area contributed by atoms with Crippen molar-refractivity contribution in [1.82, 2.24) is 0 Å². The Hall–Kier alpha value is -3.19. The third-order valence-corrected chi connectivity index (χ3v) is 4.02. The number of furan rings is 1. The predicted octanol–water partition coefficient (Wildman–Crippen LogP) is 5.21. The number of nitro groups is 1. The van der Waals surface area contributed by atoms with Crippen LogP contribution in [-0.2, 0) is 0 Å². The molecule has 1 heterocycles. The number of carbonyl (C=O) groups is 1. The van der Waals surface area contributed by atoms with Gasteiger partial charge in [-0.3, -0.25) is 14.9 Å². The van der Waals surface area contributed by atoms with Gasteiger partial charge >= 0.3 is 0 Å². The molecule has 0 aliphatic rings. The predicted molar refractivity (Wildman–Crippen MR) is 94.9 cm³/mol. The van der Waals surface area contributed by atoms with E-state index < -0.39 is 16.6 Å². The molecule has 1 aromatic heterocycles. The molecule has 0 aliphatic carbocycles. The third kappa shape index (κ3) is 3.57. The summed E-state index contributed by atoms with van der Waals surface area (Å²) in [6.45, 7) is 1.73. The topological polar surface area (TPSA) is 85.4 Å². The first-order valence-electron chi connectivity index (χ1n) is 7.47. The highest BCUT2D eigenvalue weighted by Crippen LogP contribution is 2.31. The minimum absolute atomic E-state index is 0.00449. The molecule has 8 heteroatoms. The van der Waals surface area contributed by atoms with Crippen LogP contribution < -0.4 is 5.32 Å². The molecule has 6 nitrogen and oxygen atoms in total. The van der Waals surface area contributed by atoms with Crippen LogP contribution in [0.3, 0.4) is 0 Å². The molecule has 0 saturated carbocycles. The third-order valence-electron chi connectivity index (χ3n) is 3.70. The summed E-state index contributed by atoms with van der Waals surface area (Å²) in [6, 6.07) is 11.2. The van der Waals surface area contributed by atoms with Crippen molar-refractivity contribution in [2.24, 2.45) is 0 Å². The zero-order chi connectivity index (χ0) is 18.8. The van der Waals surface area contributed by atoms with Crippen LogP contribution in [0, 0.1) is 22.9 Å². The molecule has 0 bridgehead atoms. The molecule has 1 N–H and O–H groups in total. The number of anilines is 1. The van der Waals surface area contributed by atoms with Crippen LogP contribution in [-0.4, -0.2) is 10.8 Å². The summed E-state index contributed by atoms with van der Waals surface area (Å²) in [5.74, 6) is -0.778. The Morgan fingerprint density at radius 2 is 1.96 bits per heavy atom. The van der Waals surface area contributed by atoms with Crippen molar-refractivity contribution in [3.05, 3.63) is 80.8 Å². The van der Waals surface area contributed by atoms with E-state index in [1.165, 1.54) is 36.4 Å². The van der Waals surface area contributed by atoms with Crippen molar-refractivity contribution in [1.29, 1.82) is 0 Å². The quantitative estimate of drug-likeness (QED) is 0.502. The van der Waals surface area contributed by atoms with Crippen LogP contribution in [0.5, 0.6) is 0 Å². The van der Waals surface area contributed by atoms with E-state index in [4.69, 9.17) is 16.0 Å². The van der Waals surface area contributed by atoms with Gasteiger partial charge in [-0.25, -0.2) is 4.39 Å². The van der Waals surface area contributed by atoms with E-state index in [0.29, 0.717) is 16.8 Å². The van der Waals surface area contributed by atoms with Gasteiger partial charge in [0.1, 0.15) is 16.6 Å². The molecule has 0 saturated heterocycles. The molecule has 0 fully saturated rings. The number of carbonyl (C=O) groups excluding carboxylic acids is 1. The molecule has 1 amide bonds. The number of aryl methyl sites for hydroxylation is 1. The molecule has 26 heavy (non-hydrogen) atoms. The molecule has 0 aliphatic heterocycles. The molecule has 0 radical (unpaired) electrons. The van der Waals surface area contributed by atoms with Gasteiger partial charge < -0.3 is 9.73 Å². The maximum absolute atomic E-state index is 13.3. The lowest BCUT2D eigenvalue weighted by Gasteiger charge is -2.07. The van der Waals surface area contributed by atoms with E-state index in [2.05, 4.69) is 5.32 Å². The number of rotatable bonds is 4. The lowest BCUT2D eigenvalue weighted by molar-refractivity contribution is -0.384. The first-order chi connectivity index (χ1) is 12.3. The number of amides is 1. The minimum Gasteiger partial charge on any atom is -0.451 e. The fourth-order valence-corrected chi connectivity index (χ4v) is 2.52. The molecule has 3 aromatic rings. The second kappa shape index (κ2) is 6.97. The van der Waals surface area contributed by atoms with Gasteiger partial charge in [-0.05, 0) is 48.9 Å². The zero-order valence-electron chi connectivity index (χ0n) is 13.5. The Bertz CT molecular complexity index is 1020. The summed E-state index contributed by atoms with van der Waals surface area (Å²) in [6.07, 6.45) is 0. The average Bonchev–Trinajstić information content (AvgIpc) is 3.08. The van der Waals surface area contributed by atoms with Crippen LogP contribution in [0.15, 0.2) is 52.9 Å². The highest BCUT2D eigenvalue weighted by atomic mass is 35.5. The van der Waals surface area contributed by atoms with Crippen molar-refractivity contribution in [3.8, 4) is 11.3 Å². The van der Waals surface area contributed by atoms with E-state index >= 15 is 0 Å². The number of benzene rings is 2. The number of hydrogen-bond donors (Lipinski definition) is 1. The average molecular weight is 375 g/mol.